The Labute approximate surface area is 335 Å². The van der Waals surface area contributed by atoms with Crippen molar-refractivity contribution in [3.63, 3.8) is 0 Å². The topological polar surface area (TPSA) is 131 Å². The molecule has 5 N–H and O–H groups in total. The normalized spacial score (nSPS) is 14.1. The second kappa shape index (κ2) is 41.9. The second-order valence-corrected chi connectivity index (χ2v) is 17.4. The number of phosphoric acid groups is 1. The van der Waals surface area contributed by atoms with Gasteiger partial charge >= 0.3 is 7.82 Å². The number of nitrogens with two attached hydrogens (primary N) is 1. The molecular weight excluding hydrogens is 695 g/mol. The van der Waals surface area contributed by atoms with Crippen LogP contribution in [0.2, 0.25) is 0 Å². The Balaban J connectivity index is 4.01. The molecule has 0 saturated carbocycles. The maximum absolute atomic E-state index is 12.8. The lowest BCUT2D eigenvalue weighted by molar-refractivity contribution is -0.123. The molecule has 0 saturated heterocycles. The highest BCUT2D eigenvalue weighted by atomic mass is 31.2. The van der Waals surface area contributed by atoms with Gasteiger partial charge in [-0.2, -0.15) is 0 Å². The fourth-order valence-electron chi connectivity index (χ4n) is 7.07. The molecule has 3 unspecified atom stereocenters. The summed E-state index contributed by atoms with van der Waals surface area (Å²) in [6, 6.07) is -0.770. The molecule has 0 aliphatic carbocycles. The summed E-state index contributed by atoms with van der Waals surface area (Å²) in [6.07, 6.45) is 46.6. The predicted octanol–water partition coefficient (Wildman–Crippen LogP) is 13.2. The highest BCUT2D eigenvalue weighted by Crippen LogP contribution is 2.43. The first-order valence-electron chi connectivity index (χ1n) is 23.3. The maximum atomic E-state index is 12.8. The second-order valence-electron chi connectivity index (χ2n) is 16.0. The van der Waals surface area contributed by atoms with Crippen LogP contribution in [0.1, 0.15) is 239 Å². The van der Waals surface area contributed by atoms with Crippen LogP contribution < -0.4 is 11.1 Å². The van der Waals surface area contributed by atoms with Gasteiger partial charge in [-0.1, -0.05) is 206 Å². The van der Waals surface area contributed by atoms with Gasteiger partial charge in [0.2, 0.25) is 5.91 Å². The average molecular weight is 787 g/mol. The number of hydrogen-bond donors (Lipinski definition) is 4. The molecule has 54 heavy (non-hydrogen) atoms. The van der Waals surface area contributed by atoms with Crippen molar-refractivity contribution in [1.29, 1.82) is 0 Å². The number of amides is 1. The Hall–Kier alpha value is -0.760. The average Bonchev–Trinajstić information content (AvgIpc) is 3.16. The SMILES string of the molecule is CCCCCCCCCC/C=C\CCCCCCCCCCCCCC(=O)NC(COP(=O)(O)OCCN)C(O)CCCCCCCCCCCCCC. The monoisotopic (exact) mass is 787 g/mol. The molecule has 1 amide bonds. The van der Waals surface area contributed by atoms with E-state index >= 15 is 0 Å². The molecule has 0 fully saturated rings. The first-order valence-corrected chi connectivity index (χ1v) is 24.8. The Morgan fingerprint density at radius 1 is 0.593 bits per heavy atom. The highest BCUT2D eigenvalue weighted by molar-refractivity contribution is 7.47. The molecule has 0 aliphatic heterocycles. The fourth-order valence-corrected chi connectivity index (χ4v) is 7.83. The van der Waals surface area contributed by atoms with Gasteiger partial charge in [-0.3, -0.25) is 13.8 Å². The van der Waals surface area contributed by atoms with Gasteiger partial charge in [0.1, 0.15) is 0 Å². The van der Waals surface area contributed by atoms with Crippen LogP contribution in [0.3, 0.4) is 0 Å². The number of carbonyl (C=O) groups excluding carboxylic acids is 1. The molecule has 0 heterocycles. The van der Waals surface area contributed by atoms with Gasteiger partial charge in [0.05, 0.1) is 25.4 Å². The molecule has 0 spiro atoms. The number of hydrogen-bond acceptors (Lipinski definition) is 6. The van der Waals surface area contributed by atoms with E-state index in [1.807, 2.05) is 0 Å². The van der Waals surface area contributed by atoms with Crippen LogP contribution in [-0.4, -0.2) is 47.8 Å². The predicted molar refractivity (Wildman–Crippen MR) is 231 cm³/mol. The van der Waals surface area contributed by atoms with E-state index in [1.54, 1.807) is 0 Å². The van der Waals surface area contributed by atoms with Gasteiger partial charge in [0, 0.05) is 13.0 Å². The molecule has 322 valence electrons. The van der Waals surface area contributed by atoms with E-state index in [1.165, 1.54) is 173 Å². The van der Waals surface area contributed by atoms with Gasteiger partial charge in [0.15, 0.2) is 0 Å². The minimum atomic E-state index is -4.31. The first-order chi connectivity index (χ1) is 26.4. The van der Waals surface area contributed by atoms with Crippen LogP contribution in [0.15, 0.2) is 12.2 Å². The molecule has 0 aromatic rings. The molecule has 3 atom stereocenters. The van der Waals surface area contributed by atoms with E-state index < -0.39 is 20.0 Å². The van der Waals surface area contributed by atoms with Crippen molar-refractivity contribution in [3.8, 4) is 0 Å². The van der Waals surface area contributed by atoms with Gasteiger partial charge in [-0.25, -0.2) is 4.57 Å². The molecule has 0 bridgehead atoms. The molecular formula is C45H91N2O6P. The molecule has 0 rings (SSSR count). The fraction of sp³-hybridized carbons (Fsp3) is 0.933. The van der Waals surface area contributed by atoms with Crippen LogP contribution in [0.25, 0.3) is 0 Å². The van der Waals surface area contributed by atoms with Gasteiger partial charge < -0.3 is 21.1 Å². The summed E-state index contributed by atoms with van der Waals surface area (Å²) in [5, 5.41) is 13.8. The van der Waals surface area contributed by atoms with Crippen LogP contribution in [-0.2, 0) is 18.4 Å². The largest absolute Gasteiger partial charge is 0.472 e. The zero-order chi connectivity index (χ0) is 39.6. The van der Waals surface area contributed by atoms with E-state index in [4.69, 9.17) is 14.8 Å². The number of aliphatic hydroxyl groups excluding tert-OH is 1. The summed E-state index contributed by atoms with van der Waals surface area (Å²) in [5.41, 5.74) is 5.38. The number of nitrogens with one attached hydrogen (secondary N) is 1. The number of allylic oxidation sites excluding steroid dienone is 2. The lowest BCUT2D eigenvalue weighted by atomic mass is 10.0. The molecule has 0 aliphatic rings. The lowest BCUT2D eigenvalue weighted by Crippen LogP contribution is -2.46. The minimum absolute atomic E-state index is 0.0907. The summed E-state index contributed by atoms with van der Waals surface area (Å²) < 4.78 is 22.2. The van der Waals surface area contributed by atoms with Crippen molar-refractivity contribution in [3.05, 3.63) is 12.2 Å². The van der Waals surface area contributed by atoms with E-state index in [0.717, 1.165) is 38.5 Å². The van der Waals surface area contributed by atoms with Crippen LogP contribution >= 0.6 is 7.82 Å². The van der Waals surface area contributed by atoms with Crippen molar-refractivity contribution in [1.82, 2.24) is 5.32 Å². The Morgan fingerprint density at radius 2 is 0.963 bits per heavy atom. The minimum Gasteiger partial charge on any atom is -0.391 e. The third-order valence-electron chi connectivity index (χ3n) is 10.6. The van der Waals surface area contributed by atoms with Crippen molar-refractivity contribution >= 4 is 13.7 Å². The first kappa shape index (κ1) is 53.2. The Kier molecular flexibility index (Phi) is 41.3. The van der Waals surface area contributed by atoms with Crippen molar-refractivity contribution in [2.75, 3.05) is 19.8 Å². The number of aliphatic hydroxyl groups is 1. The molecule has 8 nitrogen and oxygen atoms in total. The van der Waals surface area contributed by atoms with Crippen molar-refractivity contribution in [2.45, 2.75) is 251 Å². The van der Waals surface area contributed by atoms with E-state index in [2.05, 4.69) is 31.3 Å². The third kappa shape index (κ3) is 39.5. The molecule has 0 aromatic carbocycles. The highest BCUT2D eigenvalue weighted by Gasteiger charge is 2.27. The Morgan fingerprint density at radius 3 is 1.37 bits per heavy atom. The standard InChI is InChI=1S/C45H91N2O6P/c1-3-5-7-9-11-13-15-17-18-19-20-21-22-23-24-25-26-27-29-31-33-35-37-39-45(49)47-43(42-53-54(50,51)52-41-40-46)44(48)38-36-34-32-30-28-16-14-12-10-8-6-4-2/h19-20,43-44,48H,3-18,21-42,46H2,1-2H3,(H,47,49)(H,50,51)/b20-19-. The summed E-state index contributed by atoms with van der Waals surface area (Å²) in [5.74, 6) is -0.160. The van der Waals surface area contributed by atoms with Gasteiger partial charge in [-0.15, -0.1) is 0 Å². The molecule has 9 heteroatoms. The van der Waals surface area contributed by atoms with Gasteiger partial charge in [-0.05, 0) is 38.5 Å². The van der Waals surface area contributed by atoms with Crippen molar-refractivity contribution < 1.29 is 28.4 Å². The quantitative estimate of drug-likeness (QED) is 0.0275. The smallest absolute Gasteiger partial charge is 0.391 e. The summed E-state index contributed by atoms with van der Waals surface area (Å²) in [4.78, 5) is 22.7. The Bertz CT molecular complexity index is 860. The van der Waals surface area contributed by atoms with E-state index in [-0.39, 0.29) is 25.7 Å². The lowest BCUT2D eigenvalue weighted by Gasteiger charge is -2.25. The molecule has 0 radical (unpaired) electrons. The van der Waals surface area contributed by atoms with Crippen LogP contribution in [0.4, 0.5) is 0 Å². The third-order valence-corrected chi connectivity index (χ3v) is 11.6. The van der Waals surface area contributed by atoms with Crippen LogP contribution in [0.5, 0.6) is 0 Å². The van der Waals surface area contributed by atoms with E-state index in [0.29, 0.717) is 12.8 Å². The maximum Gasteiger partial charge on any atom is 0.472 e. The zero-order valence-corrected chi connectivity index (χ0v) is 36.6. The molecule has 0 aromatic heterocycles. The van der Waals surface area contributed by atoms with E-state index in [9.17, 15) is 19.4 Å². The number of rotatable bonds is 44. The van der Waals surface area contributed by atoms with Crippen molar-refractivity contribution in [2.24, 2.45) is 5.73 Å². The summed E-state index contributed by atoms with van der Waals surface area (Å²) in [7, 11) is -4.31. The van der Waals surface area contributed by atoms with Crippen LogP contribution in [0, 0.1) is 0 Å². The number of unbranched alkanes of at least 4 members (excludes halogenated alkanes) is 30. The van der Waals surface area contributed by atoms with Gasteiger partial charge in [0.25, 0.3) is 0 Å². The zero-order valence-electron chi connectivity index (χ0n) is 35.7. The summed E-state index contributed by atoms with van der Waals surface area (Å²) in [6.45, 7) is 4.22. The summed E-state index contributed by atoms with van der Waals surface area (Å²) >= 11 is 0. The number of carbonyl (C=O) groups is 1. The number of phosphoric ester groups is 1.